The molecule has 0 fully saturated rings. The summed E-state index contributed by atoms with van der Waals surface area (Å²) in [6.07, 6.45) is 2.33. The smallest absolute Gasteiger partial charge is 0.270 e. The first kappa shape index (κ1) is 13.8. The molecule has 4 nitrogen and oxygen atoms in total. The van der Waals surface area contributed by atoms with Gasteiger partial charge in [0.05, 0.1) is 12.0 Å². The molecular formula is C12H17NO3S. The third-order valence-electron chi connectivity index (χ3n) is 2.37. The van der Waals surface area contributed by atoms with E-state index in [4.69, 9.17) is 4.74 Å². The molecule has 1 aromatic rings. The molecule has 1 aromatic carbocycles. The predicted molar refractivity (Wildman–Crippen MR) is 70.7 cm³/mol. The van der Waals surface area contributed by atoms with Crippen LogP contribution in [0, 0.1) is 10.1 Å². The first-order chi connectivity index (χ1) is 8.19. The number of nitro groups is 1. The second kappa shape index (κ2) is 7.17. The van der Waals surface area contributed by atoms with E-state index in [2.05, 4.69) is 6.92 Å². The van der Waals surface area contributed by atoms with Crippen molar-refractivity contribution in [2.75, 3.05) is 12.9 Å². The van der Waals surface area contributed by atoms with Crippen molar-refractivity contribution in [2.45, 2.75) is 25.5 Å². The van der Waals surface area contributed by atoms with Gasteiger partial charge in [-0.1, -0.05) is 13.3 Å². The number of thioether (sulfide) groups is 1. The molecule has 0 saturated heterocycles. The van der Waals surface area contributed by atoms with Gasteiger partial charge in [-0.2, -0.15) is 11.8 Å². The molecule has 0 spiro atoms. The standard InChI is InChI=1S/C12H17NO3S/c1-3-4-7-17-9-10-8-11(13(14)15)5-6-12(10)16-2/h5-6,8H,3-4,7,9H2,1-2H3. The lowest BCUT2D eigenvalue weighted by molar-refractivity contribution is -0.384. The Morgan fingerprint density at radius 2 is 2.24 bits per heavy atom. The number of non-ortho nitro benzene ring substituents is 1. The average molecular weight is 255 g/mol. The van der Waals surface area contributed by atoms with Crippen molar-refractivity contribution >= 4 is 17.4 Å². The van der Waals surface area contributed by atoms with Crippen molar-refractivity contribution < 1.29 is 9.66 Å². The molecule has 0 aliphatic heterocycles. The average Bonchev–Trinajstić information content (AvgIpc) is 2.34. The van der Waals surface area contributed by atoms with Gasteiger partial charge in [0, 0.05) is 23.4 Å². The van der Waals surface area contributed by atoms with E-state index in [1.54, 1.807) is 31.0 Å². The fraction of sp³-hybridized carbons (Fsp3) is 0.500. The molecule has 0 aliphatic carbocycles. The van der Waals surface area contributed by atoms with Gasteiger partial charge in [0.2, 0.25) is 0 Å². The highest BCUT2D eigenvalue weighted by atomic mass is 32.2. The number of methoxy groups -OCH3 is 1. The Morgan fingerprint density at radius 1 is 1.47 bits per heavy atom. The highest BCUT2D eigenvalue weighted by Crippen LogP contribution is 2.27. The third-order valence-corrected chi connectivity index (χ3v) is 3.47. The zero-order valence-corrected chi connectivity index (χ0v) is 11.0. The molecule has 94 valence electrons. The zero-order valence-electron chi connectivity index (χ0n) is 10.1. The highest BCUT2D eigenvalue weighted by Gasteiger charge is 2.10. The molecule has 5 heteroatoms. The number of unbranched alkanes of at least 4 members (excludes halogenated alkanes) is 1. The van der Waals surface area contributed by atoms with Crippen LogP contribution < -0.4 is 4.74 Å². The second-order valence-electron chi connectivity index (χ2n) is 3.66. The van der Waals surface area contributed by atoms with E-state index in [9.17, 15) is 10.1 Å². The van der Waals surface area contributed by atoms with Crippen LogP contribution in [0.5, 0.6) is 5.75 Å². The molecule has 0 aromatic heterocycles. The van der Waals surface area contributed by atoms with Gasteiger partial charge in [-0.15, -0.1) is 0 Å². The molecule has 0 heterocycles. The van der Waals surface area contributed by atoms with Gasteiger partial charge in [0.25, 0.3) is 5.69 Å². The Bertz CT molecular complexity index is 382. The lowest BCUT2D eigenvalue weighted by atomic mass is 10.2. The van der Waals surface area contributed by atoms with E-state index in [1.807, 2.05) is 0 Å². The fourth-order valence-corrected chi connectivity index (χ4v) is 2.50. The fourth-order valence-electron chi connectivity index (χ4n) is 1.42. The number of hydrogen-bond acceptors (Lipinski definition) is 4. The van der Waals surface area contributed by atoms with Crippen LogP contribution in [0.3, 0.4) is 0 Å². The van der Waals surface area contributed by atoms with Crippen molar-refractivity contribution in [3.05, 3.63) is 33.9 Å². The number of ether oxygens (including phenoxy) is 1. The third kappa shape index (κ3) is 4.26. The van der Waals surface area contributed by atoms with E-state index in [-0.39, 0.29) is 10.6 Å². The number of nitro benzene ring substituents is 1. The van der Waals surface area contributed by atoms with E-state index < -0.39 is 0 Å². The molecule has 1 rings (SSSR count). The molecule has 0 N–H and O–H groups in total. The van der Waals surface area contributed by atoms with Crippen LogP contribution >= 0.6 is 11.8 Å². The monoisotopic (exact) mass is 255 g/mol. The van der Waals surface area contributed by atoms with Crippen LogP contribution in [0.25, 0.3) is 0 Å². The summed E-state index contributed by atoms with van der Waals surface area (Å²) in [5, 5.41) is 10.7. The maximum Gasteiger partial charge on any atom is 0.270 e. The highest BCUT2D eigenvalue weighted by molar-refractivity contribution is 7.98. The minimum absolute atomic E-state index is 0.122. The molecule has 0 unspecified atom stereocenters. The van der Waals surface area contributed by atoms with Gasteiger partial charge >= 0.3 is 0 Å². The first-order valence-electron chi connectivity index (χ1n) is 5.58. The maximum absolute atomic E-state index is 10.7. The summed E-state index contributed by atoms with van der Waals surface area (Å²) in [7, 11) is 1.58. The van der Waals surface area contributed by atoms with E-state index in [0.717, 1.165) is 22.8 Å². The van der Waals surface area contributed by atoms with Crippen LogP contribution in [0.1, 0.15) is 25.3 Å². The van der Waals surface area contributed by atoms with Crippen LogP contribution in [0.15, 0.2) is 18.2 Å². The molecule has 17 heavy (non-hydrogen) atoms. The molecule has 0 bridgehead atoms. The first-order valence-corrected chi connectivity index (χ1v) is 6.73. The van der Waals surface area contributed by atoms with Gasteiger partial charge < -0.3 is 4.74 Å². The summed E-state index contributed by atoms with van der Waals surface area (Å²) in [6, 6.07) is 4.73. The molecule has 0 radical (unpaired) electrons. The zero-order chi connectivity index (χ0) is 12.7. The van der Waals surface area contributed by atoms with Crippen molar-refractivity contribution in [1.82, 2.24) is 0 Å². The topological polar surface area (TPSA) is 52.4 Å². The molecule has 0 atom stereocenters. The Balaban J connectivity index is 2.72. The second-order valence-corrected chi connectivity index (χ2v) is 4.76. The Kier molecular flexibility index (Phi) is 5.83. The van der Waals surface area contributed by atoms with Crippen LogP contribution in [0.4, 0.5) is 5.69 Å². The number of hydrogen-bond donors (Lipinski definition) is 0. The van der Waals surface area contributed by atoms with E-state index in [1.165, 1.54) is 18.9 Å². The largest absolute Gasteiger partial charge is 0.496 e. The van der Waals surface area contributed by atoms with Crippen molar-refractivity contribution in [3.63, 3.8) is 0 Å². The number of nitrogens with zero attached hydrogens (tertiary/aromatic N) is 1. The van der Waals surface area contributed by atoms with Gasteiger partial charge in [-0.3, -0.25) is 10.1 Å². The minimum atomic E-state index is -0.375. The van der Waals surface area contributed by atoms with E-state index in [0.29, 0.717) is 0 Å². The molecular weight excluding hydrogens is 238 g/mol. The Morgan fingerprint density at radius 3 is 2.82 bits per heavy atom. The quantitative estimate of drug-likeness (QED) is 0.424. The summed E-state index contributed by atoms with van der Waals surface area (Å²) in [4.78, 5) is 10.3. The van der Waals surface area contributed by atoms with Gasteiger partial charge in [-0.25, -0.2) is 0 Å². The predicted octanol–water partition coefficient (Wildman–Crippen LogP) is 3.64. The lowest BCUT2D eigenvalue weighted by Crippen LogP contribution is -1.94. The van der Waals surface area contributed by atoms with Gasteiger partial charge in [0.1, 0.15) is 5.75 Å². The number of rotatable bonds is 7. The minimum Gasteiger partial charge on any atom is -0.496 e. The summed E-state index contributed by atoms with van der Waals surface area (Å²) in [5.74, 6) is 2.55. The SMILES string of the molecule is CCCCSCc1cc([N+](=O)[O-])ccc1OC. The summed E-state index contributed by atoms with van der Waals surface area (Å²) >= 11 is 1.78. The summed E-state index contributed by atoms with van der Waals surface area (Å²) < 4.78 is 5.20. The Hall–Kier alpha value is -1.23. The lowest BCUT2D eigenvalue weighted by Gasteiger charge is -2.07. The maximum atomic E-state index is 10.7. The van der Waals surface area contributed by atoms with Gasteiger partial charge in [0.15, 0.2) is 0 Å². The van der Waals surface area contributed by atoms with Crippen LogP contribution in [-0.4, -0.2) is 17.8 Å². The van der Waals surface area contributed by atoms with Crippen molar-refractivity contribution in [3.8, 4) is 5.75 Å². The van der Waals surface area contributed by atoms with Crippen LogP contribution in [0.2, 0.25) is 0 Å². The molecule has 0 saturated carbocycles. The van der Waals surface area contributed by atoms with Crippen LogP contribution in [-0.2, 0) is 5.75 Å². The summed E-state index contributed by atoms with van der Waals surface area (Å²) in [5.41, 5.74) is 1.01. The van der Waals surface area contributed by atoms with E-state index >= 15 is 0 Å². The van der Waals surface area contributed by atoms with Gasteiger partial charge in [-0.05, 0) is 18.2 Å². The molecule has 0 aliphatic rings. The normalized spacial score (nSPS) is 10.2. The number of benzene rings is 1. The van der Waals surface area contributed by atoms with Crippen molar-refractivity contribution in [2.24, 2.45) is 0 Å². The van der Waals surface area contributed by atoms with Crippen molar-refractivity contribution in [1.29, 1.82) is 0 Å². The Labute approximate surface area is 106 Å². The summed E-state index contributed by atoms with van der Waals surface area (Å²) in [6.45, 7) is 2.15. The molecule has 0 amide bonds.